The highest BCUT2D eigenvalue weighted by atomic mass is 32.2. The summed E-state index contributed by atoms with van der Waals surface area (Å²) in [5.74, 6) is -0.528. The Morgan fingerprint density at radius 3 is 2.52 bits per heavy atom. The number of rotatable bonds is 4. The number of benzene rings is 1. The number of amides is 1. The number of hydrogen-bond acceptors (Lipinski definition) is 6. The van der Waals surface area contributed by atoms with Gasteiger partial charge in [-0.25, -0.2) is 9.19 Å². The molecule has 1 unspecified atom stereocenters. The molecule has 0 saturated heterocycles. The van der Waals surface area contributed by atoms with Gasteiger partial charge >= 0.3 is 5.97 Å². The van der Waals surface area contributed by atoms with Gasteiger partial charge in [0.2, 0.25) is 0 Å². The Kier molecular flexibility index (Phi) is 4.78. The molecule has 1 amide bonds. The van der Waals surface area contributed by atoms with Crippen LogP contribution in [-0.4, -0.2) is 25.6 Å². The lowest BCUT2D eigenvalue weighted by Gasteiger charge is -2.03. The topological polar surface area (TPSA) is 106 Å². The highest BCUT2D eigenvalue weighted by Crippen LogP contribution is 2.21. The van der Waals surface area contributed by atoms with Crippen molar-refractivity contribution in [2.24, 2.45) is 0 Å². The van der Waals surface area contributed by atoms with E-state index in [1.165, 1.54) is 37.4 Å². The van der Waals surface area contributed by atoms with Crippen LogP contribution in [0.1, 0.15) is 17.3 Å². The van der Waals surface area contributed by atoms with Crippen molar-refractivity contribution in [3.05, 3.63) is 36.0 Å². The SMILES string of the molecule is CC(=O)Oc1ccc(C(=O)Nc2ncc(S(=O)O)s2)cc1. The molecule has 2 aromatic rings. The predicted molar refractivity (Wildman–Crippen MR) is 76.9 cm³/mol. The number of nitrogens with zero attached hydrogens (tertiary/aromatic N) is 1. The zero-order valence-corrected chi connectivity index (χ0v) is 12.4. The minimum Gasteiger partial charge on any atom is -0.427 e. The smallest absolute Gasteiger partial charge is 0.308 e. The van der Waals surface area contributed by atoms with Gasteiger partial charge < -0.3 is 9.29 Å². The number of nitrogens with one attached hydrogen (secondary N) is 1. The maximum Gasteiger partial charge on any atom is 0.308 e. The number of ether oxygens (including phenoxy) is 1. The maximum absolute atomic E-state index is 11.9. The number of carbonyl (C=O) groups is 2. The van der Waals surface area contributed by atoms with Crippen LogP contribution in [0.3, 0.4) is 0 Å². The van der Waals surface area contributed by atoms with Crippen molar-refractivity contribution in [2.45, 2.75) is 11.1 Å². The van der Waals surface area contributed by atoms with Crippen LogP contribution in [0.5, 0.6) is 5.75 Å². The third-order valence-corrected chi connectivity index (χ3v) is 4.09. The minimum absolute atomic E-state index is 0.149. The van der Waals surface area contributed by atoms with E-state index in [-0.39, 0.29) is 9.34 Å². The van der Waals surface area contributed by atoms with Crippen LogP contribution in [0, 0.1) is 0 Å². The Labute approximate surface area is 126 Å². The zero-order valence-electron chi connectivity index (χ0n) is 10.7. The van der Waals surface area contributed by atoms with Crippen molar-refractivity contribution in [2.75, 3.05) is 5.32 Å². The number of carbonyl (C=O) groups excluding carboxylic acids is 2. The molecule has 7 nitrogen and oxygen atoms in total. The van der Waals surface area contributed by atoms with E-state index in [9.17, 15) is 13.8 Å². The summed E-state index contributed by atoms with van der Waals surface area (Å²) in [6.45, 7) is 1.28. The lowest BCUT2D eigenvalue weighted by atomic mass is 10.2. The largest absolute Gasteiger partial charge is 0.427 e. The summed E-state index contributed by atoms with van der Waals surface area (Å²) in [4.78, 5) is 26.5. The van der Waals surface area contributed by atoms with E-state index in [0.717, 1.165) is 11.3 Å². The van der Waals surface area contributed by atoms with E-state index < -0.39 is 23.0 Å². The molecule has 2 rings (SSSR count). The van der Waals surface area contributed by atoms with Crippen LogP contribution in [0.15, 0.2) is 34.7 Å². The summed E-state index contributed by atoms with van der Waals surface area (Å²) in [5.41, 5.74) is 0.341. The standard InChI is InChI=1S/C12H10N2O5S2/c1-7(15)19-9-4-2-8(3-5-9)11(16)14-12-13-6-10(20-12)21(17)18/h2-6H,1H3,(H,17,18)(H,13,14,16). The average molecular weight is 326 g/mol. The van der Waals surface area contributed by atoms with E-state index in [1.807, 2.05) is 0 Å². The quantitative estimate of drug-likeness (QED) is 0.505. The molecule has 1 aromatic heterocycles. The third-order valence-electron chi connectivity index (χ3n) is 2.26. The second-order valence-corrected chi connectivity index (χ2v) is 6.03. The van der Waals surface area contributed by atoms with Gasteiger partial charge in [0.1, 0.15) is 9.96 Å². The van der Waals surface area contributed by atoms with Crippen molar-refractivity contribution in [3.63, 3.8) is 0 Å². The van der Waals surface area contributed by atoms with Crippen LogP contribution in [0.25, 0.3) is 0 Å². The zero-order chi connectivity index (χ0) is 15.4. The molecule has 21 heavy (non-hydrogen) atoms. The predicted octanol–water partition coefficient (Wildman–Crippen LogP) is 1.90. The average Bonchev–Trinajstić information content (AvgIpc) is 2.87. The van der Waals surface area contributed by atoms with E-state index in [1.54, 1.807) is 0 Å². The van der Waals surface area contributed by atoms with Gasteiger partial charge in [-0.2, -0.15) is 0 Å². The number of anilines is 1. The first kappa shape index (κ1) is 15.3. The van der Waals surface area contributed by atoms with E-state index >= 15 is 0 Å². The van der Waals surface area contributed by atoms with Crippen LogP contribution in [-0.2, 0) is 15.9 Å². The monoisotopic (exact) mass is 326 g/mol. The molecule has 0 aliphatic carbocycles. The molecule has 2 N–H and O–H groups in total. The molecule has 0 aliphatic heterocycles. The fraction of sp³-hybridized carbons (Fsp3) is 0.0833. The normalized spacial score (nSPS) is 11.7. The molecule has 0 saturated carbocycles. The molecule has 1 aromatic carbocycles. The Hall–Kier alpha value is -2.10. The molecule has 0 aliphatic rings. The maximum atomic E-state index is 11.9. The molecule has 1 heterocycles. The second-order valence-electron chi connectivity index (χ2n) is 3.81. The van der Waals surface area contributed by atoms with Crippen LogP contribution in [0.4, 0.5) is 5.13 Å². The van der Waals surface area contributed by atoms with Gasteiger partial charge in [0.05, 0.1) is 6.20 Å². The van der Waals surface area contributed by atoms with Crippen LogP contribution >= 0.6 is 11.3 Å². The van der Waals surface area contributed by atoms with Crippen molar-refractivity contribution in [3.8, 4) is 5.75 Å². The summed E-state index contributed by atoms with van der Waals surface area (Å²) in [5, 5.41) is 2.73. The van der Waals surface area contributed by atoms with E-state index in [2.05, 4.69) is 10.3 Å². The number of thiazole rings is 1. The van der Waals surface area contributed by atoms with Gasteiger partial charge in [0, 0.05) is 12.5 Å². The highest BCUT2D eigenvalue weighted by molar-refractivity contribution is 7.81. The van der Waals surface area contributed by atoms with Gasteiger partial charge in [-0.3, -0.25) is 14.9 Å². The van der Waals surface area contributed by atoms with E-state index in [0.29, 0.717) is 11.3 Å². The van der Waals surface area contributed by atoms with Crippen LogP contribution in [0.2, 0.25) is 0 Å². The van der Waals surface area contributed by atoms with Gasteiger partial charge in [-0.15, -0.1) is 0 Å². The first-order valence-electron chi connectivity index (χ1n) is 5.62. The summed E-state index contributed by atoms with van der Waals surface area (Å²) in [7, 11) is 0. The van der Waals surface area contributed by atoms with Gasteiger partial charge in [-0.1, -0.05) is 11.3 Å². The van der Waals surface area contributed by atoms with Crippen molar-refractivity contribution in [1.29, 1.82) is 0 Å². The summed E-state index contributed by atoms with van der Waals surface area (Å²) >= 11 is -1.21. The van der Waals surface area contributed by atoms with Crippen molar-refractivity contribution < 1.29 is 23.1 Å². The molecule has 9 heteroatoms. The fourth-order valence-electron chi connectivity index (χ4n) is 1.41. The molecule has 0 spiro atoms. The van der Waals surface area contributed by atoms with Crippen molar-refractivity contribution in [1.82, 2.24) is 4.98 Å². The number of hydrogen-bond donors (Lipinski definition) is 2. The number of aromatic nitrogens is 1. The minimum atomic E-state index is -2.12. The Morgan fingerprint density at radius 1 is 1.33 bits per heavy atom. The summed E-state index contributed by atoms with van der Waals surface area (Å²) < 4.78 is 24.7. The fourth-order valence-corrected chi connectivity index (χ4v) is 2.62. The lowest BCUT2D eigenvalue weighted by Crippen LogP contribution is -2.11. The molecule has 0 radical (unpaired) electrons. The van der Waals surface area contributed by atoms with E-state index in [4.69, 9.17) is 9.29 Å². The Bertz CT molecular complexity index is 696. The molecule has 0 fully saturated rings. The molecule has 0 bridgehead atoms. The molecule has 1 atom stereocenters. The first-order valence-corrected chi connectivity index (χ1v) is 7.54. The van der Waals surface area contributed by atoms with Crippen molar-refractivity contribution >= 4 is 39.4 Å². The van der Waals surface area contributed by atoms with Gasteiger partial charge in [0.25, 0.3) is 5.91 Å². The second kappa shape index (κ2) is 6.57. The Morgan fingerprint density at radius 2 is 2.00 bits per heavy atom. The van der Waals surface area contributed by atoms with Gasteiger partial charge in [-0.05, 0) is 24.3 Å². The van der Waals surface area contributed by atoms with Crippen LogP contribution < -0.4 is 10.1 Å². The lowest BCUT2D eigenvalue weighted by molar-refractivity contribution is -0.131. The Balaban J connectivity index is 2.05. The molecule has 110 valence electrons. The molecular weight excluding hydrogens is 316 g/mol. The van der Waals surface area contributed by atoms with Gasteiger partial charge in [0.15, 0.2) is 16.2 Å². The number of esters is 1. The first-order chi connectivity index (χ1) is 9.95. The molecular formula is C12H10N2O5S2. The summed E-state index contributed by atoms with van der Waals surface area (Å²) in [6, 6.07) is 5.97. The summed E-state index contributed by atoms with van der Waals surface area (Å²) in [6.07, 6.45) is 1.22. The third kappa shape index (κ3) is 4.18. The highest BCUT2D eigenvalue weighted by Gasteiger charge is 2.11.